The SMILES string of the molecule is COc1ccc(-c2cc(NS(=O)(=O)c3ccccc3Br)ccc2OC(F)F)cc1. The molecule has 0 saturated carbocycles. The predicted octanol–water partition coefficient (Wildman–Crippen LogP) is 5.53. The normalized spacial score (nSPS) is 11.3. The summed E-state index contributed by atoms with van der Waals surface area (Å²) in [5, 5.41) is 0. The van der Waals surface area contributed by atoms with Crippen LogP contribution < -0.4 is 14.2 Å². The Morgan fingerprint density at radius 2 is 1.69 bits per heavy atom. The first-order valence-corrected chi connectivity index (χ1v) is 10.6. The van der Waals surface area contributed by atoms with E-state index in [1.165, 1.54) is 31.4 Å². The summed E-state index contributed by atoms with van der Waals surface area (Å²) < 4.78 is 63.6. The highest BCUT2D eigenvalue weighted by Crippen LogP contribution is 2.35. The zero-order valence-corrected chi connectivity index (χ0v) is 17.5. The van der Waals surface area contributed by atoms with E-state index in [1.807, 2.05) is 0 Å². The third kappa shape index (κ3) is 5.04. The van der Waals surface area contributed by atoms with E-state index in [0.717, 1.165) is 0 Å². The zero-order valence-electron chi connectivity index (χ0n) is 15.1. The van der Waals surface area contributed by atoms with Gasteiger partial charge in [-0.1, -0.05) is 24.3 Å². The second-order valence-corrected chi connectivity index (χ2v) is 8.36. The van der Waals surface area contributed by atoms with Crippen molar-refractivity contribution in [1.82, 2.24) is 0 Å². The molecule has 0 aliphatic rings. The summed E-state index contributed by atoms with van der Waals surface area (Å²) in [4.78, 5) is 0.0545. The molecule has 0 aliphatic carbocycles. The molecule has 3 rings (SSSR count). The maximum Gasteiger partial charge on any atom is 0.387 e. The van der Waals surface area contributed by atoms with Crippen molar-refractivity contribution in [1.29, 1.82) is 0 Å². The van der Waals surface area contributed by atoms with Crippen molar-refractivity contribution in [2.24, 2.45) is 0 Å². The van der Waals surface area contributed by atoms with E-state index < -0.39 is 16.6 Å². The lowest BCUT2D eigenvalue weighted by Gasteiger charge is -2.15. The van der Waals surface area contributed by atoms with Gasteiger partial charge in [-0.2, -0.15) is 8.78 Å². The molecule has 152 valence electrons. The highest BCUT2D eigenvalue weighted by molar-refractivity contribution is 9.10. The molecule has 0 aliphatic heterocycles. The molecule has 0 atom stereocenters. The molecular formula is C20H16BrF2NO4S. The fraction of sp³-hybridized carbons (Fsp3) is 0.100. The number of anilines is 1. The van der Waals surface area contributed by atoms with Crippen molar-refractivity contribution in [3.8, 4) is 22.6 Å². The smallest absolute Gasteiger partial charge is 0.387 e. The Kier molecular flexibility index (Phi) is 6.39. The molecule has 3 aromatic carbocycles. The summed E-state index contributed by atoms with van der Waals surface area (Å²) in [6, 6.07) is 17.1. The Morgan fingerprint density at radius 1 is 1.00 bits per heavy atom. The topological polar surface area (TPSA) is 64.6 Å². The van der Waals surface area contributed by atoms with Gasteiger partial charge in [0.25, 0.3) is 10.0 Å². The molecule has 1 N–H and O–H groups in total. The first-order valence-electron chi connectivity index (χ1n) is 8.31. The van der Waals surface area contributed by atoms with Crippen LogP contribution in [0.4, 0.5) is 14.5 Å². The molecule has 9 heteroatoms. The van der Waals surface area contributed by atoms with Crippen LogP contribution in [-0.4, -0.2) is 22.1 Å². The van der Waals surface area contributed by atoms with Crippen molar-refractivity contribution >= 4 is 31.6 Å². The summed E-state index contributed by atoms with van der Waals surface area (Å²) in [5.74, 6) is 0.518. The van der Waals surface area contributed by atoms with Crippen LogP contribution in [0.3, 0.4) is 0 Å². The Hall–Kier alpha value is -2.65. The van der Waals surface area contributed by atoms with Gasteiger partial charge in [-0.3, -0.25) is 4.72 Å². The lowest BCUT2D eigenvalue weighted by molar-refractivity contribution is -0.0494. The molecule has 5 nitrogen and oxygen atoms in total. The van der Waals surface area contributed by atoms with Gasteiger partial charge in [0.05, 0.1) is 7.11 Å². The lowest BCUT2D eigenvalue weighted by Crippen LogP contribution is -2.13. The number of alkyl halides is 2. The molecule has 0 unspecified atom stereocenters. The Balaban J connectivity index is 2.01. The summed E-state index contributed by atoms with van der Waals surface area (Å²) in [7, 11) is -2.38. The minimum absolute atomic E-state index is 0.0545. The van der Waals surface area contributed by atoms with E-state index in [2.05, 4.69) is 25.4 Å². The first-order chi connectivity index (χ1) is 13.8. The molecule has 0 aromatic heterocycles. The summed E-state index contributed by atoms with van der Waals surface area (Å²) in [6.45, 7) is -3.02. The zero-order chi connectivity index (χ0) is 21.0. The number of methoxy groups -OCH3 is 1. The van der Waals surface area contributed by atoms with Crippen LogP contribution >= 0.6 is 15.9 Å². The fourth-order valence-electron chi connectivity index (χ4n) is 2.66. The van der Waals surface area contributed by atoms with Crippen molar-refractivity contribution in [3.63, 3.8) is 0 Å². The van der Waals surface area contributed by atoms with E-state index in [0.29, 0.717) is 21.3 Å². The minimum atomic E-state index is -3.90. The van der Waals surface area contributed by atoms with Gasteiger partial charge < -0.3 is 9.47 Å². The van der Waals surface area contributed by atoms with Gasteiger partial charge in [0, 0.05) is 15.7 Å². The van der Waals surface area contributed by atoms with Gasteiger partial charge in [-0.05, 0) is 64.0 Å². The molecular weight excluding hydrogens is 468 g/mol. The van der Waals surface area contributed by atoms with Gasteiger partial charge >= 0.3 is 6.61 Å². The van der Waals surface area contributed by atoms with Gasteiger partial charge in [0.15, 0.2) is 0 Å². The molecule has 29 heavy (non-hydrogen) atoms. The van der Waals surface area contributed by atoms with Crippen LogP contribution in [0.5, 0.6) is 11.5 Å². The Labute approximate surface area is 175 Å². The van der Waals surface area contributed by atoms with Crippen LogP contribution in [0.2, 0.25) is 0 Å². The molecule has 0 amide bonds. The van der Waals surface area contributed by atoms with Crippen molar-refractivity contribution in [2.75, 3.05) is 11.8 Å². The molecule has 0 spiro atoms. The largest absolute Gasteiger partial charge is 0.497 e. The van der Waals surface area contributed by atoms with Gasteiger partial charge in [0.1, 0.15) is 16.4 Å². The van der Waals surface area contributed by atoms with E-state index in [4.69, 9.17) is 4.74 Å². The molecule has 0 saturated heterocycles. The van der Waals surface area contributed by atoms with E-state index in [-0.39, 0.29) is 16.3 Å². The molecule has 0 fully saturated rings. The highest BCUT2D eigenvalue weighted by Gasteiger charge is 2.19. The van der Waals surface area contributed by atoms with Gasteiger partial charge in [0.2, 0.25) is 0 Å². The van der Waals surface area contributed by atoms with Crippen molar-refractivity contribution < 1.29 is 26.7 Å². The lowest BCUT2D eigenvalue weighted by atomic mass is 10.0. The summed E-state index contributed by atoms with van der Waals surface area (Å²) in [6.07, 6.45) is 0. The standard InChI is InChI=1S/C20H16BrF2NO4S/c1-27-15-9-6-13(7-10-15)16-12-14(8-11-18(16)28-20(22)23)24-29(25,26)19-5-3-2-4-17(19)21/h2-12,20,24H,1H3. The number of benzene rings is 3. The number of rotatable bonds is 7. The monoisotopic (exact) mass is 483 g/mol. The quantitative estimate of drug-likeness (QED) is 0.479. The second-order valence-electron chi connectivity index (χ2n) is 5.85. The molecule has 0 bridgehead atoms. The number of hydrogen-bond donors (Lipinski definition) is 1. The van der Waals surface area contributed by atoms with Crippen LogP contribution in [0.1, 0.15) is 0 Å². The van der Waals surface area contributed by atoms with Crippen molar-refractivity contribution in [2.45, 2.75) is 11.5 Å². The first kappa shape index (κ1) is 21.1. The van der Waals surface area contributed by atoms with Crippen molar-refractivity contribution in [3.05, 3.63) is 71.2 Å². The maximum atomic E-state index is 12.8. The summed E-state index contributed by atoms with van der Waals surface area (Å²) >= 11 is 3.21. The van der Waals surface area contributed by atoms with Crippen LogP contribution in [0.15, 0.2) is 76.1 Å². The maximum absolute atomic E-state index is 12.8. The Bertz CT molecular complexity index is 1110. The molecule has 0 radical (unpaired) electrons. The molecule has 3 aromatic rings. The van der Waals surface area contributed by atoms with E-state index in [1.54, 1.807) is 42.5 Å². The second kappa shape index (κ2) is 8.79. The highest BCUT2D eigenvalue weighted by atomic mass is 79.9. The molecule has 0 heterocycles. The number of sulfonamides is 1. The Morgan fingerprint density at radius 3 is 2.31 bits per heavy atom. The van der Waals surface area contributed by atoms with E-state index >= 15 is 0 Å². The number of halogens is 3. The number of nitrogens with one attached hydrogen (secondary N) is 1. The summed E-state index contributed by atoms with van der Waals surface area (Å²) in [5.41, 5.74) is 1.07. The van der Waals surface area contributed by atoms with Gasteiger partial charge in [-0.15, -0.1) is 0 Å². The predicted molar refractivity (Wildman–Crippen MR) is 110 cm³/mol. The fourth-order valence-corrected chi connectivity index (χ4v) is 4.71. The average Bonchev–Trinajstić information content (AvgIpc) is 2.69. The number of hydrogen-bond acceptors (Lipinski definition) is 4. The van der Waals surface area contributed by atoms with Crippen LogP contribution in [0, 0.1) is 0 Å². The third-order valence-corrected chi connectivity index (χ3v) is 6.37. The number of ether oxygens (including phenoxy) is 2. The van der Waals surface area contributed by atoms with Crippen LogP contribution in [-0.2, 0) is 10.0 Å². The average molecular weight is 484 g/mol. The van der Waals surface area contributed by atoms with Crippen LogP contribution in [0.25, 0.3) is 11.1 Å². The van der Waals surface area contributed by atoms with E-state index in [9.17, 15) is 17.2 Å². The minimum Gasteiger partial charge on any atom is -0.497 e. The van der Waals surface area contributed by atoms with Gasteiger partial charge in [-0.25, -0.2) is 8.42 Å². The third-order valence-electron chi connectivity index (χ3n) is 3.98.